The minimum Gasteiger partial charge on any atom is -0.393 e. The Bertz CT molecular complexity index is 676. The molecule has 0 spiro atoms. The SMILES string of the molecule is CC(/C=C/C(C)(C)O)C1CCC2C3C[C@H](O)[C@@H]4CC(=O)CCC4(C)C3CCC12C. The smallest absolute Gasteiger partial charge is 0.133 e. The number of carbonyl (C=O) groups is 1. The maximum Gasteiger partial charge on any atom is 0.133 e. The number of hydrogen-bond donors (Lipinski definition) is 2. The van der Waals surface area contributed by atoms with Crippen molar-refractivity contribution in [2.24, 2.45) is 46.3 Å². The second-order valence-electron chi connectivity index (χ2n) is 12.1. The summed E-state index contributed by atoms with van der Waals surface area (Å²) in [6.45, 7) is 10.9. The molecule has 4 rings (SSSR count). The molecule has 0 aliphatic heterocycles. The van der Waals surface area contributed by atoms with Gasteiger partial charge in [0, 0.05) is 12.8 Å². The van der Waals surface area contributed by atoms with E-state index in [1.54, 1.807) is 0 Å². The van der Waals surface area contributed by atoms with Crippen LogP contribution < -0.4 is 0 Å². The van der Waals surface area contributed by atoms with E-state index in [0.717, 1.165) is 12.8 Å². The summed E-state index contributed by atoms with van der Waals surface area (Å²) in [5.41, 5.74) is -0.277. The lowest BCUT2D eigenvalue weighted by Crippen LogP contribution is -2.58. The molecule has 0 aromatic rings. The minimum atomic E-state index is -0.750. The van der Waals surface area contributed by atoms with Gasteiger partial charge in [-0.25, -0.2) is 0 Å². The Balaban J connectivity index is 1.57. The Morgan fingerprint density at radius 3 is 2.45 bits per heavy atom. The Labute approximate surface area is 177 Å². The summed E-state index contributed by atoms with van der Waals surface area (Å²) in [6, 6.07) is 0. The van der Waals surface area contributed by atoms with Crippen LogP contribution in [0.5, 0.6) is 0 Å². The van der Waals surface area contributed by atoms with E-state index in [9.17, 15) is 15.0 Å². The van der Waals surface area contributed by atoms with E-state index in [1.165, 1.54) is 25.7 Å². The average molecular weight is 403 g/mol. The fraction of sp³-hybridized carbons (Fsp3) is 0.885. The van der Waals surface area contributed by atoms with Gasteiger partial charge in [-0.1, -0.05) is 32.9 Å². The molecule has 3 heteroatoms. The topological polar surface area (TPSA) is 57.5 Å². The fourth-order valence-corrected chi connectivity index (χ4v) is 8.51. The highest BCUT2D eigenvalue weighted by atomic mass is 16.3. The highest BCUT2D eigenvalue weighted by Crippen LogP contribution is 2.68. The van der Waals surface area contributed by atoms with Crippen LogP contribution in [0, 0.1) is 46.3 Å². The molecule has 4 fully saturated rings. The molecule has 0 saturated heterocycles. The van der Waals surface area contributed by atoms with Crippen LogP contribution in [0.2, 0.25) is 0 Å². The maximum atomic E-state index is 12.1. The number of ketones is 1. The molecule has 164 valence electrons. The maximum absolute atomic E-state index is 12.1. The highest BCUT2D eigenvalue weighted by molar-refractivity contribution is 5.79. The van der Waals surface area contributed by atoms with Crippen molar-refractivity contribution in [1.82, 2.24) is 0 Å². The quantitative estimate of drug-likeness (QED) is 0.642. The van der Waals surface area contributed by atoms with E-state index in [1.807, 2.05) is 19.9 Å². The first-order valence-electron chi connectivity index (χ1n) is 12.1. The zero-order valence-corrected chi connectivity index (χ0v) is 19.2. The van der Waals surface area contributed by atoms with Gasteiger partial charge in [0.25, 0.3) is 0 Å². The summed E-state index contributed by atoms with van der Waals surface area (Å²) in [6.07, 6.45) is 12.2. The number of carbonyl (C=O) groups excluding carboxylic acids is 1. The third-order valence-corrected chi connectivity index (χ3v) is 10.0. The summed E-state index contributed by atoms with van der Waals surface area (Å²) < 4.78 is 0. The molecule has 0 aromatic carbocycles. The molecular weight excluding hydrogens is 360 g/mol. The molecule has 0 heterocycles. The van der Waals surface area contributed by atoms with Crippen molar-refractivity contribution >= 4 is 5.78 Å². The minimum absolute atomic E-state index is 0.141. The molecule has 4 aliphatic carbocycles. The van der Waals surface area contributed by atoms with Crippen molar-refractivity contribution in [3.05, 3.63) is 12.2 Å². The van der Waals surface area contributed by atoms with Gasteiger partial charge in [-0.3, -0.25) is 4.79 Å². The average Bonchev–Trinajstić information content (AvgIpc) is 2.98. The first-order valence-corrected chi connectivity index (χ1v) is 12.1. The molecule has 4 saturated carbocycles. The highest BCUT2D eigenvalue weighted by Gasteiger charge is 2.62. The van der Waals surface area contributed by atoms with Crippen LogP contribution in [0.1, 0.15) is 86.0 Å². The molecule has 0 bridgehead atoms. The van der Waals surface area contributed by atoms with Crippen LogP contribution in [0.4, 0.5) is 0 Å². The summed E-state index contributed by atoms with van der Waals surface area (Å²) in [4.78, 5) is 12.1. The van der Waals surface area contributed by atoms with Gasteiger partial charge in [-0.2, -0.15) is 0 Å². The number of fused-ring (bicyclic) bond motifs is 5. The van der Waals surface area contributed by atoms with Gasteiger partial charge in [0.05, 0.1) is 11.7 Å². The third kappa shape index (κ3) is 3.55. The molecule has 3 nitrogen and oxygen atoms in total. The van der Waals surface area contributed by atoms with Gasteiger partial charge in [-0.05, 0) is 98.7 Å². The Hall–Kier alpha value is -0.670. The van der Waals surface area contributed by atoms with Crippen molar-refractivity contribution < 1.29 is 15.0 Å². The summed E-state index contributed by atoms with van der Waals surface area (Å²) in [5.74, 6) is 3.63. The van der Waals surface area contributed by atoms with Crippen molar-refractivity contribution in [3.8, 4) is 0 Å². The Morgan fingerprint density at radius 2 is 1.76 bits per heavy atom. The predicted molar refractivity (Wildman–Crippen MR) is 116 cm³/mol. The van der Waals surface area contributed by atoms with Crippen molar-refractivity contribution in [1.29, 1.82) is 0 Å². The monoisotopic (exact) mass is 402 g/mol. The molecular formula is C26H42O3. The van der Waals surface area contributed by atoms with Crippen molar-refractivity contribution in [2.75, 3.05) is 0 Å². The number of hydrogen-bond acceptors (Lipinski definition) is 3. The van der Waals surface area contributed by atoms with Gasteiger partial charge in [0.2, 0.25) is 0 Å². The van der Waals surface area contributed by atoms with Gasteiger partial charge in [0.15, 0.2) is 0 Å². The van der Waals surface area contributed by atoms with E-state index in [-0.39, 0.29) is 17.4 Å². The number of Topliss-reactive ketones (excluding diaryl/α,β-unsaturated/α-hetero) is 1. The predicted octanol–water partition coefficient (Wildman–Crippen LogP) is 5.15. The molecule has 0 amide bonds. The van der Waals surface area contributed by atoms with Crippen molar-refractivity contribution in [3.63, 3.8) is 0 Å². The first-order chi connectivity index (χ1) is 13.5. The molecule has 29 heavy (non-hydrogen) atoms. The lowest BCUT2D eigenvalue weighted by atomic mass is 9.44. The summed E-state index contributed by atoms with van der Waals surface area (Å²) >= 11 is 0. The molecule has 0 radical (unpaired) electrons. The van der Waals surface area contributed by atoms with Crippen molar-refractivity contribution in [2.45, 2.75) is 97.7 Å². The second kappa shape index (κ2) is 7.19. The molecule has 2 N–H and O–H groups in total. The number of aliphatic hydroxyl groups excluding tert-OH is 1. The van der Waals surface area contributed by atoms with Crippen LogP contribution in [-0.4, -0.2) is 27.7 Å². The van der Waals surface area contributed by atoms with E-state index >= 15 is 0 Å². The van der Waals surface area contributed by atoms with E-state index in [4.69, 9.17) is 0 Å². The first kappa shape index (κ1) is 21.6. The Kier molecular flexibility index (Phi) is 5.35. The standard InChI is InChI=1S/C26H42O3/c1-16(8-11-24(2,3)29)19-6-7-20-18-15-23(28)22-14-17(27)9-12-26(22,5)21(18)10-13-25(19,20)4/h8,11,16,18-23,28-29H,6-7,9-10,12-15H2,1-5H3/b11-8+/t16?,18?,19?,20?,21?,22-,23-,25?,26?/m0/s1. The second-order valence-corrected chi connectivity index (χ2v) is 12.1. The van der Waals surface area contributed by atoms with E-state index in [2.05, 4.69) is 26.8 Å². The van der Waals surface area contributed by atoms with E-state index in [0.29, 0.717) is 53.6 Å². The van der Waals surface area contributed by atoms with Crippen LogP contribution in [-0.2, 0) is 4.79 Å². The fourth-order valence-electron chi connectivity index (χ4n) is 8.51. The number of aliphatic hydroxyl groups is 2. The normalized spacial score (nSPS) is 48.9. The van der Waals surface area contributed by atoms with Crippen LogP contribution in [0.15, 0.2) is 12.2 Å². The molecule has 0 aromatic heterocycles. The largest absolute Gasteiger partial charge is 0.393 e. The molecule has 4 aliphatic rings. The zero-order valence-electron chi connectivity index (χ0n) is 19.2. The van der Waals surface area contributed by atoms with Crippen LogP contribution in [0.3, 0.4) is 0 Å². The molecule has 7 unspecified atom stereocenters. The third-order valence-electron chi connectivity index (χ3n) is 10.0. The van der Waals surface area contributed by atoms with E-state index < -0.39 is 5.60 Å². The number of allylic oxidation sites excluding steroid dienone is 1. The Morgan fingerprint density at radius 1 is 1.07 bits per heavy atom. The van der Waals surface area contributed by atoms with Gasteiger partial charge in [-0.15, -0.1) is 0 Å². The summed E-state index contributed by atoms with van der Waals surface area (Å²) in [5, 5.41) is 21.2. The lowest BCUT2D eigenvalue weighted by Gasteiger charge is -2.61. The lowest BCUT2D eigenvalue weighted by molar-refractivity contribution is -0.165. The van der Waals surface area contributed by atoms with Gasteiger partial charge >= 0.3 is 0 Å². The molecule has 9 atom stereocenters. The van der Waals surface area contributed by atoms with Crippen LogP contribution >= 0.6 is 0 Å². The summed E-state index contributed by atoms with van der Waals surface area (Å²) in [7, 11) is 0. The van der Waals surface area contributed by atoms with Crippen LogP contribution in [0.25, 0.3) is 0 Å². The van der Waals surface area contributed by atoms with Gasteiger partial charge < -0.3 is 10.2 Å². The van der Waals surface area contributed by atoms with Gasteiger partial charge in [0.1, 0.15) is 5.78 Å². The number of rotatable bonds is 3. The zero-order chi connectivity index (χ0) is 21.2.